The molecule has 1 amide bonds. The average molecular weight is 545 g/mol. The second kappa shape index (κ2) is 9.87. The Kier molecular flexibility index (Phi) is 6.37. The Hall–Kier alpha value is -4.14. The van der Waals surface area contributed by atoms with E-state index in [0.717, 1.165) is 33.6 Å². The van der Waals surface area contributed by atoms with E-state index in [-0.39, 0.29) is 12.5 Å². The summed E-state index contributed by atoms with van der Waals surface area (Å²) in [7, 11) is 1.62. The summed E-state index contributed by atoms with van der Waals surface area (Å²) < 4.78 is 21.2. The monoisotopic (exact) mass is 544 g/mol. The lowest BCUT2D eigenvalue weighted by Crippen LogP contribution is -2.55. The van der Waals surface area contributed by atoms with E-state index in [1.807, 2.05) is 58.6 Å². The van der Waals surface area contributed by atoms with Crippen LogP contribution in [-0.4, -0.2) is 62.8 Å². The van der Waals surface area contributed by atoms with E-state index in [1.54, 1.807) is 29.3 Å². The highest BCUT2D eigenvalue weighted by Crippen LogP contribution is 2.46. The van der Waals surface area contributed by atoms with Gasteiger partial charge in [0.2, 0.25) is 0 Å². The van der Waals surface area contributed by atoms with E-state index in [0.29, 0.717) is 49.9 Å². The zero-order valence-electron chi connectivity index (χ0n) is 22.0. The first kappa shape index (κ1) is 25.2. The topological polar surface area (TPSA) is 107 Å². The molecule has 6 rings (SSSR count). The lowest BCUT2D eigenvalue weighted by atomic mass is 9.96. The summed E-state index contributed by atoms with van der Waals surface area (Å²) in [6.07, 6.45) is 4.03. The molecule has 0 bridgehead atoms. The molecule has 39 heavy (non-hydrogen) atoms. The van der Waals surface area contributed by atoms with Crippen LogP contribution in [0.2, 0.25) is 0 Å². The second-order valence-electron chi connectivity index (χ2n) is 10.1. The highest BCUT2D eigenvalue weighted by atomic mass is 32.1. The van der Waals surface area contributed by atoms with Gasteiger partial charge in [0.25, 0.3) is 5.91 Å². The van der Waals surface area contributed by atoms with Crippen molar-refractivity contribution in [3.63, 3.8) is 0 Å². The van der Waals surface area contributed by atoms with E-state index >= 15 is 0 Å². The molecule has 0 N–H and O–H groups in total. The van der Waals surface area contributed by atoms with Crippen molar-refractivity contribution in [2.75, 3.05) is 26.9 Å². The Labute approximate surface area is 229 Å². The van der Waals surface area contributed by atoms with Crippen LogP contribution in [0.4, 0.5) is 0 Å². The summed E-state index contributed by atoms with van der Waals surface area (Å²) in [5, 5.41) is 22.3. The van der Waals surface area contributed by atoms with Crippen LogP contribution in [0, 0.1) is 11.3 Å². The molecule has 1 saturated heterocycles. The number of benzene rings is 1. The van der Waals surface area contributed by atoms with Crippen molar-refractivity contribution in [1.29, 1.82) is 5.26 Å². The summed E-state index contributed by atoms with van der Waals surface area (Å²) in [5.41, 5.74) is 4.89. The van der Waals surface area contributed by atoms with E-state index in [9.17, 15) is 4.79 Å². The smallest absolute Gasteiger partial charge is 0.275 e. The van der Waals surface area contributed by atoms with Gasteiger partial charge in [0.05, 0.1) is 62.5 Å². The van der Waals surface area contributed by atoms with Gasteiger partial charge in [-0.2, -0.15) is 26.8 Å². The number of fused-ring (bicyclic) bond motifs is 3. The highest BCUT2D eigenvalue weighted by Gasteiger charge is 2.39. The van der Waals surface area contributed by atoms with Gasteiger partial charge >= 0.3 is 0 Å². The van der Waals surface area contributed by atoms with Crippen LogP contribution in [0.5, 0.6) is 11.5 Å². The van der Waals surface area contributed by atoms with Gasteiger partial charge in [-0.3, -0.25) is 9.48 Å². The minimum atomic E-state index is -0.450. The predicted octanol–water partition coefficient (Wildman–Crippen LogP) is 4.53. The maximum absolute atomic E-state index is 13.9. The number of morpholine rings is 1. The number of methoxy groups -OCH3 is 1. The fourth-order valence-corrected chi connectivity index (χ4v) is 5.78. The summed E-state index contributed by atoms with van der Waals surface area (Å²) in [6, 6.07) is 8.02. The number of carbonyl (C=O) groups is 1. The van der Waals surface area contributed by atoms with E-state index in [2.05, 4.69) is 11.2 Å². The molecule has 0 radical (unpaired) electrons. The van der Waals surface area contributed by atoms with Gasteiger partial charge in [0, 0.05) is 46.4 Å². The lowest BCUT2D eigenvalue weighted by molar-refractivity contribution is -0.0374. The van der Waals surface area contributed by atoms with Gasteiger partial charge in [-0.1, -0.05) is 0 Å². The number of nitriles is 1. The molecule has 2 aliphatic heterocycles. The summed E-state index contributed by atoms with van der Waals surface area (Å²) in [4.78, 5) is 15.8. The first-order valence-electron chi connectivity index (χ1n) is 12.7. The molecule has 200 valence electrons. The van der Waals surface area contributed by atoms with Crippen molar-refractivity contribution in [2.24, 2.45) is 0 Å². The van der Waals surface area contributed by atoms with Crippen molar-refractivity contribution in [2.45, 2.75) is 39.0 Å². The number of nitrogens with zero attached hydrogens (tertiary/aromatic N) is 6. The van der Waals surface area contributed by atoms with Gasteiger partial charge < -0.3 is 19.1 Å². The predicted molar refractivity (Wildman–Crippen MR) is 145 cm³/mol. The number of carbonyl (C=O) groups excluding carboxylic acids is 1. The van der Waals surface area contributed by atoms with Gasteiger partial charge in [0.15, 0.2) is 5.69 Å². The van der Waals surface area contributed by atoms with Crippen LogP contribution in [0.25, 0.3) is 28.1 Å². The molecule has 3 aromatic heterocycles. The minimum Gasteiger partial charge on any atom is -0.496 e. The Morgan fingerprint density at radius 2 is 2.18 bits per heavy atom. The molecule has 5 heterocycles. The molecular weight excluding hydrogens is 516 g/mol. The average Bonchev–Trinajstić information content (AvgIpc) is 3.70. The van der Waals surface area contributed by atoms with E-state index in [1.165, 1.54) is 0 Å². The fraction of sp³-hybridized carbons (Fsp3) is 0.357. The Bertz CT molecular complexity index is 1580. The molecule has 0 aliphatic carbocycles. The summed E-state index contributed by atoms with van der Waals surface area (Å²) in [5.74, 6) is 1.17. The molecule has 0 atom stereocenters. The number of hydrogen-bond acceptors (Lipinski definition) is 8. The van der Waals surface area contributed by atoms with Crippen molar-refractivity contribution >= 4 is 17.2 Å². The molecular formula is C28H28N6O4S. The first-order valence-corrected chi connectivity index (χ1v) is 13.6. The van der Waals surface area contributed by atoms with Crippen LogP contribution < -0.4 is 9.47 Å². The van der Waals surface area contributed by atoms with E-state index < -0.39 is 5.54 Å². The Balaban J connectivity index is 1.50. The number of rotatable bonds is 6. The van der Waals surface area contributed by atoms with Crippen molar-refractivity contribution in [3.8, 4) is 45.6 Å². The van der Waals surface area contributed by atoms with Gasteiger partial charge in [0.1, 0.15) is 18.1 Å². The molecule has 0 saturated carbocycles. The second-order valence-corrected chi connectivity index (χ2v) is 10.9. The molecule has 4 aromatic rings. The standard InChI is InChI=1S/C28H28N6O4S/c1-28(2)17-37-9-8-33(28)27(35)25-22-15-38-24-12-23(36-3)20(18-13-30-32(14-18)7-4-6-29)11-21(24)26(22)34(31-25)19-5-10-39-16-19/h5,10-14,16H,4,7-9,15,17H2,1-3H3. The third-order valence-electron chi connectivity index (χ3n) is 7.15. The molecule has 1 fully saturated rings. The molecule has 10 nitrogen and oxygen atoms in total. The van der Waals surface area contributed by atoms with Crippen LogP contribution in [0.15, 0.2) is 41.4 Å². The van der Waals surface area contributed by atoms with Crippen molar-refractivity contribution in [3.05, 3.63) is 52.6 Å². The van der Waals surface area contributed by atoms with Crippen LogP contribution in [0.1, 0.15) is 36.3 Å². The molecule has 0 spiro atoms. The number of ether oxygens (including phenoxy) is 3. The third-order valence-corrected chi connectivity index (χ3v) is 7.82. The number of amides is 1. The SMILES string of the molecule is COc1cc2c(cc1-c1cnn(CCC#N)c1)-c1c(c(C(=O)N3CCOCC3(C)C)nn1-c1ccsc1)CO2. The quantitative estimate of drug-likeness (QED) is 0.351. The maximum Gasteiger partial charge on any atom is 0.275 e. The molecule has 2 aliphatic rings. The fourth-order valence-electron chi connectivity index (χ4n) is 5.16. The van der Waals surface area contributed by atoms with Gasteiger partial charge in [-0.25, -0.2) is 4.68 Å². The van der Waals surface area contributed by atoms with Crippen LogP contribution in [0.3, 0.4) is 0 Å². The number of aromatic nitrogens is 4. The number of hydrogen-bond donors (Lipinski definition) is 0. The van der Waals surface area contributed by atoms with Crippen LogP contribution >= 0.6 is 11.3 Å². The Morgan fingerprint density at radius 3 is 2.92 bits per heavy atom. The minimum absolute atomic E-state index is 0.131. The largest absolute Gasteiger partial charge is 0.496 e. The highest BCUT2D eigenvalue weighted by molar-refractivity contribution is 7.08. The molecule has 1 aromatic carbocycles. The molecule has 0 unspecified atom stereocenters. The van der Waals surface area contributed by atoms with Crippen LogP contribution in [-0.2, 0) is 17.9 Å². The Morgan fingerprint density at radius 1 is 1.31 bits per heavy atom. The van der Waals surface area contributed by atoms with E-state index in [4.69, 9.17) is 24.6 Å². The first-order chi connectivity index (χ1) is 18.9. The number of aryl methyl sites for hydroxylation is 1. The zero-order chi connectivity index (χ0) is 27.1. The third kappa shape index (κ3) is 4.35. The van der Waals surface area contributed by atoms with Crippen molar-refractivity contribution in [1.82, 2.24) is 24.5 Å². The van der Waals surface area contributed by atoms with Crippen molar-refractivity contribution < 1.29 is 19.0 Å². The van der Waals surface area contributed by atoms with Gasteiger partial charge in [-0.05, 0) is 31.4 Å². The normalized spacial score (nSPS) is 15.7. The summed E-state index contributed by atoms with van der Waals surface area (Å²) >= 11 is 1.57. The lowest BCUT2D eigenvalue weighted by Gasteiger charge is -2.41. The van der Waals surface area contributed by atoms with Gasteiger partial charge in [-0.15, -0.1) is 0 Å². The zero-order valence-corrected chi connectivity index (χ0v) is 22.8. The molecule has 11 heteroatoms. The summed E-state index contributed by atoms with van der Waals surface area (Å²) in [6.45, 7) is 6.20. The maximum atomic E-state index is 13.9. The number of thiophene rings is 1.